The van der Waals surface area contributed by atoms with Gasteiger partial charge in [0.1, 0.15) is 21.8 Å². The average Bonchev–Trinajstić information content (AvgIpc) is 2.97. The van der Waals surface area contributed by atoms with Crippen LogP contribution in [-0.2, 0) is 35.5 Å². The maximum atomic E-state index is 13.7. The number of aromatic nitrogens is 1. The molecule has 1 saturated heterocycles. The number of ether oxygens (including phenoxy) is 1. The van der Waals surface area contributed by atoms with E-state index in [0.717, 1.165) is 29.8 Å². The second-order valence-corrected chi connectivity index (χ2v) is 11.1. The lowest BCUT2D eigenvalue weighted by Gasteiger charge is -2.26. The quantitative estimate of drug-likeness (QED) is 0.318. The van der Waals surface area contributed by atoms with Crippen LogP contribution in [0, 0.1) is 0 Å². The number of nitrogens with one attached hydrogen (secondary N) is 1. The summed E-state index contributed by atoms with van der Waals surface area (Å²) >= 11 is 12.3. The van der Waals surface area contributed by atoms with Crippen molar-refractivity contribution in [3.05, 3.63) is 115 Å². The maximum absolute atomic E-state index is 13.7. The fourth-order valence-electron chi connectivity index (χ4n) is 4.67. The molecule has 206 valence electrons. The first-order valence-corrected chi connectivity index (χ1v) is 14.3. The molecule has 1 aromatic heterocycles. The van der Waals surface area contributed by atoms with Gasteiger partial charge >= 0.3 is 0 Å². The molecule has 2 heterocycles. The molecule has 10 heteroatoms. The van der Waals surface area contributed by atoms with Crippen LogP contribution in [0.5, 0.6) is 0 Å². The number of nitrogens with zero attached hydrogens (tertiary/aromatic N) is 2. The summed E-state index contributed by atoms with van der Waals surface area (Å²) in [6, 6.07) is 20.0. The highest BCUT2D eigenvalue weighted by atomic mass is 35.5. The number of carbonyl (C=O) groups is 1. The molecule has 0 radical (unpaired) electrons. The van der Waals surface area contributed by atoms with Gasteiger partial charge in [0.15, 0.2) is 0 Å². The van der Waals surface area contributed by atoms with Crippen molar-refractivity contribution >= 4 is 56.3 Å². The molecule has 1 fully saturated rings. The van der Waals surface area contributed by atoms with Gasteiger partial charge in [0, 0.05) is 54.2 Å². The molecule has 3 aromatic carbocycles. The number of fused-ring (bicyclic) bond motifs is 1. The summed E-state index contributed by atoms with van der Waals surface area (Å²) in [5.74, 6) is -0.518. The molecule has 5 rings (SSSR count). The smallest absolute Gasteiger partial charge is 0.257 e. The van der Waals surface area contributed by atoms with Crippen molar-refractivity contribution < 1.29 is 13.7 Å². The predicted molar refractivity (Wildman–Crippen MR) is 161 cm³/mol. The number of hydrogen-bond acceptors (Lipinski definition) is 5. The first-order valence-electron chi connectivity index (χ1n) is 12.8. The molecule has 0 saturated carbocycles. The summed E-state index contributed by atoms with van der Waals surface area (Å²) in [5.41, 5.74) is 2.82. The van der Waals surface area contributed by atoms with Crippen molar-refractivity contribution in [3.63, 3.8) is 0 Å². The van der Waals surface area contributed by atoms with Gasteiger partial charge in [0.05, 0.1) is 18.7 Å². The molecule has 0 atom stereocenters. The predicted octanol–water partition coefficient (Wildman–Crippen LogP) is 4.50. The Hall–Kier alpha value is -3.27. The van der Waals surface area contributed by atoms with Crippen molar-refractivity contribution in [1.29, 1.82) is 0 Å². The number of morpholine rings is 1. The number of pyridine rings is 1. The fourth-order valence-corrected chi connectivity index (χ4v) is 5.38. The van der Waals surface area contributed by atoms with Crippen molar-refractivity contribution in [3.8, 4) is 0 Å². The molecule has 1 N–H and O–H groups in total. The summed E-state index contributed by atoms with van der Waals surface area (Å²) in [7, 11) is 0. The molecule has 1 aliphatic heterocycles. The van der Waals surface area contributed by atoms with Crippen LogP contribution in [0.4, 0.5) is 0 Å². The van der Waals surface area contributed by atoms with E-state index < -0.39 is 5.91 Å². The van der Waals surface area contributed by atoms with Crippen LogP contribution in [-0.4, -0.2) is 50.9 Å². The maximum Gasteiger partial charge on any atom is 0.257 e. The van der Waals surface area contributed by atoms with E-state index in [4.69, 9.17) is 27.9 Å². The molecule has 1 aliphatic rings. The van der Waals surface area contributed by atoms with Gasteiger partial charge < -0.3 is 14.6 Å². The van der Waals surface area contributed by atoms with Crippen LogP contribution < -0.4 is 10.7 Å². The van der Waals surface area contributed by atoms with E-state index in [1.165, 1.54) is 6.20 Å². The van der Waals surface area contributed by atoms with Gasteiger partial charge in [-0.05, 0) is 53.1 Å². The summed E-state index contributed by atoms with van der Waals surface area (Å²) in [4.78, 5) is 29.7. The van der Waals surface area contributed by atoms with Crippen molar-refractivity contribution in [1.82, 2.24) is 14.8 Å². The first-order chi connectivity index (χ1) is 19.4. The fraction of sp³-hybridized carbons (Fsp3) is 0.233. The second kappa shape index (κ2) is 12.9. The third-order valence-electron chi connectivity index (χ3n) is 6.82. The Labute approximate surface area is 245 Å². The van der Waals surface area contributed by atoms with Gasteiger partial charge in [0.25, 0.3) is 5.91 Å². The summed E-state index contributed by atoms with van der Waals surface area (Å²) in [5, 5.41) is 4.41. The van der Waals surface area contributed by atoms with Gasteiger partial charge in [-0.25, -0.2) is 4.21 Å². The van der Waals surface area contributed by atoms with E-state index in [9.17, 15) is 13.8 Å². The van der Waals surface area contributed by atoms with Crippen molar-refractivity contribution in [2.75, 3.05) is 26.3 Å². The third-order valence-corrected chi connectivity index (χ3v) is 7.86. The van der Waals surface area contributed by atoms with Crippen LogP contribution in [0.15, 0.2) is 77.7 Å². The number of rotatable bonds is 7. The van der Waals surface area contributed by atoms with Gasteiger partial charge in [-0.3, -0.25) is 14.5 Å². The second-order valence-electron chi connectivity index (χ2n) is 9.57. The molecule has 0 unspecified atom stereocenters. The van der Waals surface area contributed by atoms with Gasteiger partial charge in [-0.1, -0.05) is 53.5 Å². The minimum Gasteiger partial charge on any atom is -0.379 e. The van der Waals surface area contributed by atoms with E-state index >= 15 is 0 Å². The van der Waals surface area contributed by atoms with Crippen molar-refractivity contribution in [2.45, 2.75) is 19.5 Å². The van der Waals surface area contributed by atoms with Crippen LogP contribution >= 0.6 is 23.2 Å². The van der Waals surface area contributed by atoms with E-state index in [0.29, 0.717) is 63.4 Å². The van der Waals surface area contributed by atoms with Gasteiger partial charge in [-0.15, -0.1) is 0 Å². The van der Waals surface area contributed by atoms with Crippen molar-refractivity contribution in [2.24, 2.45) is 0 Å². The van der Waals surface area contributed by atoms with E-state index in [1.54, 1.807) is 28.8 Å². The molecular formula is C30H27Cl2N3O4S. The third kappa shape index (κ3) is 6.71. The molecule has 40 heavy (non-hydrogen) atoms. The number of carbonyl (C=O) groups excluding carboxylic acids is 1. The highest BCUT2D eigenvalue weighted by molar-refractivity contribution is 7.66. The zero-order valence-corrected chi connectivity index (χ0v) is 23.9. The van der Waals surface area contributed by atoms with Crippen LogP contribution in [0.2, 0.25) is 10.0 Å². The standard InChI is InChI=1S/C30H27Cl2N3O4S/c31-23-6-1-20(2-7-23)16-28(40-38)35-19-26(30(37)33-17-21-3-8-24(32)9-4-21)29(36)25-15-22(5-10-27(25)35)18-34-11-13-39-14-12-34/h1-10,15,19H,11-14,16-18H2,(H,33,37). The molecule has 0 spiro atoms. The normalized spacial score (nSPS) is 13.8. The lowest BCUT2D eigenvalue weighted by atomic mass is 10.1. The summed E-state index contributed by atoms with van der Waals surface area (Å²) < 4.78 is 19.5. The number of hydrogen-bond donors (Lipinski definition) is 1. The molecular weight excluding hydrogens is 569 g/mol. The molecule has 7 nitrogen and oxygen atoms in total. The molecule has 4 aromatic rings. The molecule has 0 bridgehead atoms. The van der Waals surface area contributed by atoms with Gasteiger partial charge in [-0.2, -0.15) is 0 Å². The largest absolute Gasteiger partial charge is 0.379 e. The summed E-state index contributed by atoms with van der Waals surface area (Å²) in [6.07, 6.45) is 1.78. The van der Waals surface area contributed by atoms with Crippen LogP contribution in [0.3, 0.4) is 0 Å². The van der Waals surface area contributed by atoms with Gasteiger partial charge in [0.2, 0.25) is 5.43 Å². The Kier molecular flexibility index (Phi) is 9.14. The number of benzene rings is 3. The van der Waals surface area contributed by atoms with Crippen LogP contribution in [0.1, 0.15) is 27.0 Å². The molecule has 1 amide bonds. The monoisotopic (exact) mass is 595 g/mol. The minimum atomic E-state index is -0.518. The Morgan fingerprint density at radius 2 is 1.52 bits per heavy atom. The zero-order valence-electron chi connectivity index (χ0n) is 21.6. The van der Waals surface area contributed by atoms with E-state index in [-0.39, 0.29) is 17.5 Å². The Morgan fingerprint density at radius 3 is 2.17 bits per heavy atom. The highest BCUT2D eigenvalue weighted by Crippen LogP contribution is 2.19. The lowest BCUT2D eigenvalue weighted by molar-refractivity contribution is 0.0342. The minimum absolute atomic E-state index is 0.0346. The van der Waals surface area contributed by atoms with E-state index in [1.807, 2.05) is 42.5 Å². The molecule has 0 aliphatic carbocycles. The van der Waals surface area contributed by atoms with Crippen LogP contribution in [0.25, 0.3) is 10.9 Å². The van der Waals surface area contributed by atoms with E-state index in [2.05, 4.69) is 10.2 Å². The summed E-state index contributed by atoms with van der Waals surface area (Å²) in [6.45, 7) is 3.83. The first kappa shape index (κ1) is 28.3. The number of amides is 1. The average molecular weight is 597 g/mol. The lowest BCUT2D eigenvalue weighted by Crippen LogP contribution is -2.35. The Bertz CT molecular complexity index is 1640. The zero-order chi connectivity index (χ0) is 28.1. The Balaban J connectivity index is 1.54. The Morgan fingerprint density at radius 1 is 0.900 bits per heavy atom. The highest BCUT2D eigenvalue weighted by Gasteiger charge is 2.19. The number of halogens is 2. The SMILES string of the molecule is O=S=C(Cc1ccc(Cl)cc1)n1cc(C(=O)NCc2ccc(Cl)cc2)c(=O)c2cc(CN3CCOCC3)ccc21. The topological polar surface area (TPSA) is 80.6 Å².